The fraction of sp³-hybridized carbons (Fsp3) is 0.381. The van der Waals surface area contributed by atoms with Gasteiger partial charge in [0.25, 0.3) is 0 Å². The molecule has 3 aromatic rings. The molecule has 3 rings (SSSR count). The van der Waals surface area contributed by atoms with E-state index in [0.717, 1.165) is 16.9 Å². The van der Waals surface area contributed by atoms with Crippen LogP contribution in [0.4, 0.5) is 0 Å². The van der Waals surface area contributed by atoms with Crippen LogP contribution in [-0.2, 0) is 13.1 Å². The van der Waals surface area contributed by atoms with E-state index in [-0.39, 0.29) is 29.6 Å². The summed E-state index contributed by atoms with van der Waals surface area (Å²) in [4.78, 5) is 8.69. The van der Waals surface area contributed by atoms with Gasteiger partial charge in [0.05, 0.1) is 12.8 Å². The molecular formula is C21H29IN6O2. The maximum absolute atomic E-state index is 6.11. The quantitative estimate of drug-likeness (QED) is 0.256. The van der Waals surface area contributed by atoms with Crippen LogP contribution in [0.2, 0.25) is 0 Å². The summed E-state index contributed by atoms with van der Waals surface area (Å²) < 4.78 is 11.4. The predicted molar refractivity (Wildman–Crippen MR) is 128 cm³/mol. The number of rotatable bonds is 6. The van der Waals surface area contributed by atoms with Gasteiger partial charge >= 0.3 is 0 Å². The number of hydrogen-bond acceptors (Lipinski definition) is 5. The molecule has 0 saturated carbocycles. The summed E-state index contributed by atoms with van der Waals surface area (Å²) in [5.74, 6) is 3.37. The van der Waals surface area contributed by atoms with Crippen LogP contribution in [0.25, 0.3) is 11.6 Å². The highest BCUT2D eigenvalue weighted by molar-refractivity contribution is 14.0. The molecule has 8 nitrogen and oxygen atoms in total. The standard InChI is InChI=1S/C21H28N6O2.HI/c1-14-8-9-15(17(11-14)29-21(2,3)4)12-23-20(22-5)24-13-18-25-19(27-26-18)16-7-6-10-28-16;/h6-11H,12-13H2,1-5H3,(H2,22,23,24)(H,25,26,27);1H. The SMILES string of the molecule is CN=C(NCc1nc(-c2ccco2)n[nH]1)NCc1ccc(C)cc1OC(C)(C)C.I. The Balaban J connectivity index is 0.00000320. The van der Waals surface area contributed by atoms with Gasteiger partial charge in [0.15, 0.2) is 11.7 Å². The van der Waals surface area contributed by atoms with Crippen molar-refractivity contribution in [3.63, 3.8) is 0 Å². The molecule has 0 aliphatic heterocycles. The second-order valence-corrected chi connectivity index (χ2v) is 7.69. The number of benzene rings is 1. The summed E-state index contributed by atoms with van der Waals surface area (Å²) in [5, 5.41) is 13.6. The number of aromatic amines is 1. The van der Waals surface area contributed by atoms with Gasteiger partial charge in [-0.05, 0) is 51.5 Å². The average molecular weight is 524 g/mol. The molecule has 0 amide bonds. The molecular weight excluding hydrogens is 495 g/mol. The van der Waals surface area contributed by atoms with E-state index < -0.39 is 0 Å². The number of nitrogens with one attached hydrogen (secondary N) is 3. The van der Waals surface area contributed by atoms with Gasteiger partial charge in [0.1, 0.15) is 17.2 Å². The van der Waals surface area contributed by atoms with Gasteiger partial charge < -0.3 is 19.8 Å². The predicted octanol–water partition coefficient (Wildman–Crippen LogP) is 4.03. The molecule has 0 saturated heterocycles. The third-order valence-electron chi connectivity index (χ3n) is 4.01. The number of aliphatic imine (C=N–C) groups is 1. The van der Waals surface area contributed by atoms with Crippen molar-refractivity contribution in [2.45, 2.75) is 46.4 Å². The minimum atomic E-state index is -0.263. The van der Waals surface area contributed by atoms with Gasteiger partial charge in [-0.25, -0.2) is 4.98 Å². The van der Waals surface area contributed by atoms with Crippen molar-refractivity contribution in [3.05, 3.63) is 53.5 Å². The van der Waals surface area contributed by atoms with Crippen molar-refractivity contribution in [2.24, 2.45) is 4.99 Å². The molecule has 0 spiro atoms. The van der Waals surface area contributed by atoms with Crippen molar-refractivity contribution >= 4 is 29.9 Å². The van der Waals surface area contributed by atoms with Crippen molar-refractivity contribution in [3.8, 4) is 17.3 Å². The minimum absolute atomic E-state index is 0. The zero-order chi connectivity index (χ0) is 20.9. The number of aryl methyl sites for hydroxylation is 1. The molecule has 3 N–H and O–H groups in total. The van der Waals surface area contributed by atoms with Crippen LogP contribution in [0.3, 0.4) is 0 Å². The Labute approximate surface area is 193 Å². The van der Waals surface area contributed by atoms with E-state index in [1.807, 2.05) is 26.8 Å². The van der Waals surface area contributed by atoms with E-state index in [9.17, 15) is 0 Å². The van der Waals surface area contributed by atoms with E-state index in [1.165, 1.54) is 0 Å². The van der Waals surface area contributed by atoms with E-state index in [1.54, 1.807) is 19.4 Å². The Kier molecular flexibility index (Phi) is 8.27. The summed E-state index contributed by atoms with van der Waals surface area (Å²) in [6.45, 7) is 9.22. The molecule has 2 heterocycles. The topological polar surface area (TPSA) is 100 Å². The van der Waals surface area contributed by atoms with Crippen LogP contribution in [-0.4, -0.2) is 33.8 Å². The van der Waals surface area contributed by atoms with Crippen LogP contribution >= 0.6 is 24.0 Å². The Morgan fingerprint density at radius 3 is 2.63 bits per heavy atom. The van der Waals surface area contributed by atoms with Gasteiger partial charge in [-0.1, -0.05) is 12.1 Å². The van der Waals surface area contributed by atoms with Crippen molar-refractivity contribution in [1.82, 2.24) is 25.8 Å². The summed E-state index contributed by atoms with van der Waals surface area (Å²) >= 11 is 0. The Morgan fingerprint density at radius 2 is 1.97 bits per heavy atom. The van der Waals surface area contributed by atoms with Crippen LogP contribution in [0.5, 0.6) is 5.75 Å². The highest BCUT2D eigenvalue weighted by Gasteiger charge is 2.15. The van der Waals surface area contributed by atoms with Gasteiger partial charge in [-0.15, -0.1) is 29.1 Å². The summed E-state index contributed by atoms with van der Waals surface area (Å²) in [5.41, 5.74) is 1.96. The second-order valence-electron chi connectivity index (χ2n) is 7.69. The van der Waals surface area contributed by atoms with Crippen molar-refractivity contribution in [2.75, 3.05) is 7.05 Å². The van der Waals surface area contributed by atoms with Gasteiger partial charge in [-0.2, -0.15) is 0 Å². The van der Waals surface area contributed by atoms with Crippen LogP contribution in [0.1, 0.15) is 37.7 Å². The Morgan fingerprint density at radius 1 is 1.20 bits per heavy atom. The molecule has 2 aromatic heterocycles. The first-order chi connectivity index (χ1) is 13.8. The Bertz CT molecular complexity index is 960. The highest BCUT2D eigenvalue weighted by Crippen LogP contribution is 2.24. The fourth-order valence-electron chi connectivity index (χ4n) is 2.69. The summed E-state index contributed by atoms with van der Waals surface area (Å²) in [6.07, 6.45) is 1.60. The van der Waals surface area contributed by atoms with Crippen LogP contribution < -0.4 is 15.4 Å². The van der Waals surface area contributed by atoms with Gasteiger partial charge in [-0.3, -0.25) is 10.1 Å². The molecule has 30 heavy (non-hydrogen) atoms. The molecule has 0 aliphatic carbocycles. The summed E-state index contributed by atoms with van der Waals surface area (Å²) in [6, 6.07) is 9.83. The van der Waals surface area contributed by atoms with E-state index in [0.29, 0.717) is 36.5 Å². The number of aromatic nitrogens is 3. The number of furan rings is 1. The maximum Gasteiger partial charge on any atom is 0.216 e. The lowest BCUT2D eigenvalue weighted by Gasteiger charge is -2.24. The highest BCUT2D eigenvalue weighted by atomic mass is 127. The number of hydrogen-bond donors (Lipinski definition) is 3. The Hall–Kier alpha value is -2.56. The minimum Gasteiger partial charge on any atom is -0.488 e. The molecule has 0 radical (unpaired) electrons. The molecule has 0 bridgehead atoms. The van der Waals surface area contributed by atoms with Gasteiger partial charge in [0.2, 0.25) is 5.82 Å². The lowest BCUT2D eigenvalue weighted by Crippen LogP contribution is -2.36. The zero-order valence-corrected chi connectivity index (χ0v) is 20.3. The second kappa shape index (κ2) is 10.5. The third kappa shape index (κ3) is 6.75. The van der Waals surface area contributed by atoms with E-state index >= 15 is 0 Å². The molecule has 1 aromatic carbocycles. The number of halogens is 1. The van der Waals surface area contributed by atoms with E-state index in [4.69, 9.17) is 9.15 Å². The first kappa shape index (κ1) is 23.7. The largest absolute Gasteiger partial charge is 0.488 e. The first-order valence-electron chi connectivity index (χ1n) is 9.52. The van der Waals surface area contributed by atoms with Crippen molar-refractivity contribution < 1.29 is 9.15 Å². The molecule has 0 fully saturated rings. The van der Waals surface area contributed by atoms with Gasteiger partial charge in [0, 0.05) is 19.2 Å². The number of guanidine groups is 1. The molecule has 9 heteroatoms. The summed E-state index contributed by atoms with van der Waals surface area (Å²) in [7, 11) is 1.73. The average Bonchev–Trinajstić information content (AvgIpc) is 3.33. The normalized spacial score (nSPS) is 11.7. The molecule has 162 valence electrons. The lowest BCUT2D eigenvalue weighted by atomic mass is 10.1. The van der Waals surface area contributed by atoms with E-state index in [2.05, 4.69) is 55.9 Å². The van der Waals surface area contributed by atoms with Crippen LogP contribution in [0, 0.1) is 6.92 Å². The molecule has 0 atom stereocenters. The third-order valence-corrected chi connectivity index (χ3v) is 4.01. The number of H-pyrrole nitrogens is 1. The first-order valence-corrected chi connectivity index (χ1v) is 9.52. The number of ether oxygens (including phenoxy) is 1. The fourth-order valence-corrected chi connectivity index (χ4v) is 2.69. The maximum atomic E-state index is 6.11. The van der Waals surface area contributed by atoms with Crippen molar-refractivity contribution in [1.29, 1.82) is 0 Å². The molecule has 0 unspecified atom stereocenters. The molecule has 0 aliphatic rings. The monoisotopic (exact) mass is 524 g/mol. The lowest BCUT2D eigenvalue weighted by molar-refractivity contribution is 0.129. The smallest absolute Gasteiger partial charge is 0.216 e. The van der Waals surface area contributed by atoms with Crippen LogP contribution in [0.15, 0.2) is 46.0 Å². The number of nitrogens with zero attached hydrogens (tertiary/aromatic N) is 3. The zero-order valence-electron chi connectivity index (χ0n) is 17.9.